The van der Waals surface area contributed by atoms with Gasteiger partial charge in [-0.3, -0.25) is 4.79 Å². The first-order chi connectivity index (χ1) is 10.2. The van der Waals surface area contributed by atoms with Crippen LogP contribution >= 0.6 is 0 Å². The monoisotopic (exact) mass is 325 g/mol. The quantitative estimate of drug-likeness (QED) is 0.759. The summed E-state index contributed by atoms with van der Waals surface area (Å²) in [6, 6.07) is 3.09. The number of benzene rings is 1. The largest absolute Gasteiger partial charge is 0.349 e. The Morgan fingerprint density at radius 3 is 2.59 bits per heavy atom. The minimum atomic E-state index is -3.85. The summed E-state index contributed by atoms with van der Waals surface area (Å²) < 4.78 is 23.3. The predicted octanol–water partition coefficient (Wildman–Crippen LogP) is 0.808. The fourth-order valence-corrected chi connectivity index (χ4v) is 3.89. The summed E-state index contributed by atoms with van der Waals surface area (Å²) in [7, 11) is -3.85. The first-order valence-corrected chi connectivity index (χ1v) is 8.93. The van der Waals surface area contributed by atoms with Crippen LogP contribution in [0.1, 0.15) is 40.7 Å². The third-order valence-electron chi connectivity index (χ3n) is 4.47. The summed E-state index contributed by atoms with van der Waals surface area (Å²) in [5.41, 5.74) is 7.32. The number of sulfonamides is 1. The van der Waals surface area contributed by atoms with E-state index >= 15 is 0 Å². The average Bonchev–Trinajstić information content (AvgIpc) is 2.87. The van der Waals surface area contributed by atoms with Crippen molar-refractivity contribution in [3.05, 3.63) is 28.8 Å². The molecule has 7 heteroatoms. The Hall–Kier alpha value is -1.44. The molecule has 0 aromatic heterocycles. The molecule has 2 atom stereocenters. The highest BCUT2D eigenvalue weighted by molar-refractivity contribution is 7.89. The van der Waals surface area contributed by atoms with Crippen molar-refractivity contribution < 1.29 is 13.2 Å². The van der Waals surface area contributed by atoms with E-state index in [4.69, 9.17) is 10.9 Å². The maximum Gasteiger partial charge on any atom is 0.251 e. The molecule has 2 rings (SSSR count). The molecule has 1 amide bonds. The van der Waals surface area contributed by atoms with Gasteiger partial charge in [-0.1, -0.05) is 6.42 Å². The molecule has 2 unspecified atom stereocenters. The fraction of sp³-hybridized carbons (Fsp3) is 0.533. The summed E-state index contributed by atoms with van der Waals surface area (Å²) >= 11 is 0. The van der Waals surface area contributed by atoms with Gasteiger partial charge in [-0.25, -0.2) is 13.6 Å². The summed E-state index contributed by atoms with van der Waals surface area (Å²) in [5, 5.41) is 8.19. The molecular weight excluding hydrogens is 302 g/mol. The minimum Gasteiger partial charge on any atom is -0.349 e. The maximum atomic E-state index is 12.4. The normalized spacial score (nSPS) is 21.8. The number of amides is 1. The number of nitrogens with one attached hydrogen (secondary N) is 1. The Morgan fingerprint density at radius 2 is 2.00 bits per heavy atom. The second-order valence-corrected chi connectivity index (χ2v) is 7.50. The summed E-state index contributed by atoms with van der Waals surface area (Å²) in [6.07, 6.45) is 2.96. The van der Waals surface area contributed by atoms with Crippen LogP contribution in [0, 0.1) is 19.8 Å². The van der Waals surface area contributed by atoms with E-state index in [0.717, 1.165) is 24.8 Å². The molecule has 1 aliphatic rings. The number of hydrogen-bond acceptors (Lipinski definition) is 4. The van der Waals surface area contributed by atoms with Crippen LogP contribution in [-0.2, 0) is 10.0 Å². The van der Waals surface area contributed by atoms with Crippen LogP contribution < -0.4 is 16.2 Å². The van der Waals surface area contributed by atoms with Crippen LogP contribution in [0.4, 0.5) is 0 Å². The van der Waals surface area contributed by atoms with Crippen molar-refractivity contribution in [1.29, 1.82) is 0 Å². The third-order valence-corrected chi connectivity index (χ3v) is 5.50. The van der Waals surface area contributed by atoms with E-state index in [0.29, 0.717) is 17.7 Å². The lowest BCUT2D eigenvalue weighted by atomic mass is 10.0. The molecule has 1 aromatic carbocycles. The van der Waals surface area contributed by atoms with Crippen LogP contribution in [0.15, 0.2) is 17.0 Å². The molecule has 0 saturated heterocycles. The Morgan fingerprint density at radius 1 is 1.32 bits per heavy atom. The minimum absolute atomic E-state index is 0.000512. The van der Waals surface area contributed by atoms with Gasteiger partial charge in [-0.2, -0.15) is 0 Å². The molecule has 22 heavy (non-hydrogen) atoms. The Labute approximate surface area is 131 Å². The van der Waals surface area contributed by atoms with Crippen LogP contribution in [0.3, 0.4) is 0 Å². The molecule has 6 nitrogen and oxygen atoms in total. The van der Waals surface area contributed by atoms with E-state index in [-0.39, 0.29) is 22.8 Å². The summed E-state index contributed by atoms with van der Waals surface area (Å²) in [5.74, 6) is 0.00607. The van der Waals surface area contributed by atoms with Crippen molar-refractivity contribution in [1.82, 2.24) is 5.32 Å². The topological polar surface area (TPSA) is 115 Å². The van der Waals surface area contributed by atoms with Crippen molar-refractivity contribution in [2.24, 2.45) is 16.8 Å². The number of aryl methyl sites for hydroxylation is 1. The summed E-state index contributed by atoms with van der Waals surface area (Å²) in [4.78, 5) is 12.4. The fourth-order valence-electron chi connectivity index (χ4n) is 3.01. The molecule has 0 bridgehead atoms. The molecule has 1 aromatic rings. The van der Waals surface area contributed by atoms with Crippen molar-refractivity contribution >= 4 is 15.9 Å². The SMILES string of the molecule is Cc1cc(C(=O)NC2CCCC2CN)cc(S(N)(=O)=O)c1C. The number of primary sulfonamides is 1. The predicted molar refractivity (Wildman–Crippen MR) is 84.9 cm³/mol. The van der Waals surface area contributed by atoms with Gasteiger partial charge >= 0.3 is 0 Å². The van der Waals surface area contributed by atoms with Gasteiger partial charge < -0.3 is 11.1 Å². The maximum absolute atomic E-state index is 12.4. The van der Waals surface area contributed by atoms with Gasteiger partial charge in [-0.05, 0) is 62.4 Å². The van der Waals surface area contributed by atoms with Gasteiger partial charge in [0.25, 0.3) is 5.91 Å². The van der Waals surface area contributed by atoms with Gasteiger partial charge in [0.15, 0.2) is 0 Å². The zero-order valence-corrected chi connectivity index (χ0v) is 13.7. The van der Waals surface area contributed by atoms with E-state index in [1.54, 1.807) is 19.9 Å². The number of carbonyl (C=O) groups excluding carboxylic acids is 1. The van der Waals surface area contributed by atoms with E-state index in [9.17, 15) is 13.2 Å². The molecule has 0 radical (unpaired) electrons. The molecule has 0 heterocycles. The van der Waals surface area contributed by atoms with Gasteiger partial charge in [0.1, 0.15) is 0 Å². The smallest absolute Gasteiger partial charge is 0.251 e. The zero-order valence-electron chi connectivity index (χ0n) is 12.9. The first kappa shape index (κ1) is 16.9. The molecule has 0 aliphatic heterocycles. The van der Waals surface area contributed by atoms with Crippen LogP contribution in [0.2, 0.25) is 0 Å². The van der Waals surface area contributed by atoms with Gasteiger partial charge in [0.2, 0.25) is 10.0 Å². The highest BCUT2D eigenvalue weighted by Crippen LogP contribution is 2.25. The average molecular weight is 325 g/mol. The van der Waals surface area contributed by atoms with E-state index in [2.05, 4.69) is 5.32 Å². The van der Waals surface area contributed by atoms with Gasteiger partial charge in [-0.15, -0.1) is 0 Å². The van der Waals surface area contributed by atoms with E-state index in [1.165, 1.54) is 6.07 Å². The number of carbonyl (C=O) groups is 1. The summed E-state index contributed by atoms with van der Waals surface area (Å²) in [6.45, 7) is 3.98. The second-order valence-electron chi connectivity index (χ2n) is 5.97. The van der Waals surface area contributed by atoms with E-state index in [1.807, 2.05) is 0 Å². The molecular formula is C15H23N3O3S. The highest BCUT2D eigenvalue weighted by atomic mass is 32.2. The van der Waals surface area contributed by atoms with Crippen LogP contribution in [0.25, 0.3) is 0 Å². The number of hydrogen-bond donors (Lipinski definition) is 3. The lowest BCUT2D eigenvalue weighted by Crippen LogP contribution is -2.40. The Balaban J connectivity index is 2.29. The number of nitrogens with two attached hydrogens (primary N) is 2. The molecule has 1 aliphatic carbocycles. The van der Waals surface area contributed by atoms with Crippen LogP contribution in [0.5, 0.6) is 0 Å². The standard InChI is InChI=1S/C15H23N3O3S/c1-9-6-12(7-14(10(9)2)22(17,20)21)15(19)18-13-5-3-4-11(13)8-16/h6-7,11,13H,3-5,8,16H2,1-2H3,(H,18,19)(H2,17,20,21). The zero-order chi connectivity index (χ0) is 16.5. The van der Waals surface area contributed by atoms with Crippen molar-refractivity contribution in [3.8, 4) is 0 Å². The van der Waals surface area contributed by atoms with Crippen molar-refractivity contribution in [2.45, 2.75) is 44.0 Å². The molecule has 0 spiro atoms. The van der Waals surface area contributed by atoms with Crippen molar-refractivity contribution in [3.63, 3.8) is 0 Å². The first-order valence-electron chi connectivity index (χ1n) is 7.39. The molecule has 1 fully saturated rings. The Bertz CT molecular complexity index is 686. The van der Waals surface area contributed by atoms with Gasteiger partial charge in [0.05, 0.1) is 4.90 Å². The third kappa shape index (κ3) is 3.48. The molecule has 1 saturated carbocycles. The highest BCUT2D eigenvalue weighted by Gasteiger charge is 2.28. The second kappa shape index (κ2) is 6.36. The van der Waals surface area contributed by atoms with Gasteiger partial charge in [0, 0.05) is 11.6 Å². The lowest BCUT2D eigenvalue weighted by molar-refractivity contribution is 0.0928. The van der Waals surface area contributed by atoms with Crippen molar-refractivity contribution in [2.75, 3.05) is 6.54 Å². The Kier molecular flexibility index (Phi) is 4.89. The van der Waals surface area contributed by atoms with Crippen LogP contribution in [-0.4, -0.2) is 26.9 Å². The number of rotatable bonds is 4. The van der Waals surface area contributed by atoms with E-state index < -0.39 is 10.0 Å². The molecule has 5 N–H and O–H groups in total. The lowest BCUT2D eigenvalue weighted by Gasteiger charge is -2.20. The molecule has 122 valence electrons.